The molecule has 0 amide bonds. The van der Waals surface area contributed by atoms with E-state index in [1.54, 1.807) is 6.07 Å². The molecule has 0 spiro atoms. The maximum absolute atomic E-state index is 13.9. The van der Waals surface area contributed by atoms with Crippen molar-refractivity contribution in [3.8, 4) is 17.6 Å². The summed E-state index contributed by atoms with van der Waals surface area (Å²) in [7, 11) is 0. The highest BCUT2D eigenvalue weighted by atomic mass is 19.1. The molecule has 1 fully saturated rings. The van der Waals surface area contributed by atoms with Crippen molar-refractivity contribution in [1.82, 2.24) is 4.90 Å². The SMILES string of the molecule is CC(=O)c1ccc(OCC2CN(CC#Cc3ccccc3)CCO2)cc1F. The predicted octanol–water partition coefficient (Wildman–Crippen LogP) is 3.16. The van der Waals surface area contributed by atoms with Gasteiger partial charge in [0.15, 0.2) is 5.78 Å². The normalized spacial score (nSPS) is 17.0. The van der Waals surface area contributed by atoms with Crippen LogP contribution in [0.2, 0.25) is 0 Å². The summed E-state index contributed by atoms with van der Waals surface area (Å²) in [6.45, 7) is 4.46. The van der Waals surface area contributed by atoms with Crippen molar-refractivity contribution >= 4 is 5.78 Å². The smallest absolute Gasteiger partial charge is 0.162 e. The third kappa shape index (κ3) is 5.65. The molecule has 1 heterocycles. The van der Waals surface area contributed by atoms with Crippen molar-refractivity contribution in [3.63, 3.8) is 0 Å². The van der Waals surface area contributed by atoms with E-state index in [1.807, 2.05) is 30.3 Å². The minimum absolute atomic E-state index is 0.0689. The number of carbonyl (C=O) groups is 1. The number of rotatable bonds is 5. The molecule has 1 aliphatic heterocycles. The number of carbonyl (C=O) groups excluding carboxylic acids is 1. The lowest BCUT2D eigenvalue weighted by molar-refractivity contribution is -0.0441. The number of Topliss-reactive ketones (excluding diaryl/α,β-unsaturated/α-hetero) is 1. The van der Waals surface area contributed by atoms with E-state index in [4.69, 9.17) is 9.47 Å². The Balaban J connectivity index is 1.49. The van der Waals surface area contributed by atoms with Gasteiger partial charge in [0.1, 0.15) is 24.3 Å². The van der Waals surface area contributed by atoms with Gasteiger partial charge in [-0.15, -0.1) is 0 Å². The van der Waals surface area contributed by atoms with Gasteiger partial charge in [0.2, 0.25) is 0 Å². The van der Waals surface area contributed by atoms with Crippen LogP contribution in [0.25, 0.3) is 0 Å². The van der Waals surface area contributed by atoms with Crippen molar-refractivity contribution < 1.29 is 18.7 Å². The topological polar surface area (TPSA) is 38.8 Å². The maximum atomic E-state index is 13.9. The van der Waals surface area contributed by atoms with Gasteiger partial charge in [-0.1, -0.05) is 30.0 Å². The number of hydrogen-bond donors (Lipinski definition) is 0. The summed E-state index contributed by atoms with van der Waals surface area (Å²) < 4.78 is 25.2. The van der Waals surface area contributed by atoms with Gasteiger partial charge in [-0.05, 0) is 31.2 Å². The molecule has 1 atom stereocenters. The second kappa shape index (κ2) is 9.31. The largest absolute Gasteiger partial charge is 0.491 e. The van der Waals surface area contributed by atoms with E-state index in [1.165, 1.54) is 19.1 Å². The average molecular weight is 367 g/mol. The van der Waals surface area contributed by atoms with Crippen molar-refractivity contribution in [2.24, 2.45) is 0 Å². The van der Waals surface area contributed by atoms with Gasteiger partial charge in [-0.3, -0.25) is 9.69 Å². The molecule has 0 aliphatic carbocycles. The first-order chi connectivity index (χ1) is 13.1. The summed E-state index contributed by atoms with van der Waals surface area (Å²) in [5.74, 6) is 5.86. The van der Waals surface area contributed by atoms with Crippen molar-refractivity contribution in [3.05, 3.63) is 65.5 Å². The maximum Gasteiger partial charge on any atom is 0.162 e. The fourth-order valence-electron chi connectivity index (χ4n) is 2.86. The fraction of sp³-hybridized carbons (Fsp3) is 0.318. The van der Waals surface area contributed by atoms with Gasteiger partial charge in [0, 0.05) is 24.7 Å². The number of ketones is 1. The highest BCUT2D eigenvalue weighted by Gasteiger charge is 2.20. The number of benzene rings is 2. The van der Waals surface area contributed by atoms with E-state index >= 15 is 0 Å². The Labute approximate surface area is 158 Å². The lowest BCUT2D eigenvalue weighted by Gasteiger charge is -2.31. The van der Waals surface area contributed by atoms with E-state index in [9.17, 15) is 9.18 Å². The molecular weight excluding hydrogens is 345 g/mol. The number of morpholine rings is 1. The van der Waals surface area contributed by atoms with Crippen LogP contribution in [-0.2, 0) is 4.74 Å². The van der Waals surface area contributed by atoms with Crippen LogP contribution in [0.3, 0.4) is 0 Å². The molecule has 2 aromatic carbocycles. The molecule has 140 valence electrons. The van der Waals surface area contributed by atoms with E-state index in [2.05, 4.69) is 16.7 Å². The summed E-state index contributed by atoms with van der Waals surface area (Å²) in [6, 6.07) is 14.2. The molecule has 1 aliphatic rings. The Morgan fingerprint density at radius 1 is 1.30 bits per heavy atom. The minimum Gasteiger partial charge on any atom is -0.491 e. The Kier molecular flexibility index (Phi) is 6.59. The molecule has 4 nitrogen and oxygen atoms in total. The monoisotopic (exact) mass is 367 g/mol. The van der Waals surface area contributed by atoms with Crippen molar-refractivity contribution in [2.45, 2.75) is 13.0 Å². The zero-order valence-corrected chi connectivity index (χ0v) is 15.3. The first-order valence-corrected chi connectivity index (χ1v) is 8.93. The van der Waals surface area contributed by atoms with Gasteiger partial charge in [-0.25, -0.2) is 4.39 Å². The van der Waals surface area contributed by atoms with Gasteiger partial charge in [0.05, 0.1) is 18.7 Å². The van der Waals surface area contributed by atoms with Gasteiger partial charge >= 0.3 is 0 Å². The van der Waals surface area contributed by atoms with Crippen molar-refractivity contribution in [2.75, 3.05) is 32.8 Å². The molecule has 0 saturated carbocycles. The number of nitrogens with zero attached hydrogens (tertiary/aromatic N) is 1. The highest BCUT2D eigenvalue weighted by molar-refractivity contribution is 5.94. The predicted molar refractivity (Wildman–Crippen MR) is 101 cm³/mol. The summed E-state index contributed by atoms with van der Waals surface area (Å²) >= 11 is 0. The third-order valence-corrected chi connectivity index (χ3v) is 4.29. The lowest BCUT2D eigenvalue weighted by Crippen LogP contribution is -2.45. The van der Waals surface area contributed by atoms with Gasteiger partial charge in [0.25, 0.3) is 0 Å². The average Bonchev–Trinajstić information content (AvgIpc) is 2.67. The minimum atomic E-state index is -0.567. The molecule has 1 unspecified atom stereocenters. The third-order valence-electron chi connectivity index (χ3n) is 4.29. The van der Waals surface area contributed by atoms with E-state index in [-0.39, 0.29) is 17.5 Å². The van der Waals surface area contributed by atoms with Crippen LogP contribution in [0, 0.1) is 17.7 Å². The molecule has 5 heteroatoms. The molecule has 2 aromatic rings. The quantitative estimate of drug-likeness (QED) is 0.601. The van der Waals surface area contributed by atoms with Crippen LogP contribution in [0.5, 0.6) is 5.75 Å². The van der Waals surface area contributed by atoms with Crippen LogP contribution >= 0.6 is 0 Å². The lowest BCUT2D eigenvalue weighted by atomic mass is 10.1. The standard InChI is InChI=1S/C22H22FNO3/c1-17(25)21-10-9-19(14-22(21)23)27-16-20-15-24(12-13-26-20)11-5-8-18-6-3-2-4-7-18/h2-4,6-7,9-10,14,20H,11-13,15-16H2,1H3. The number of ether oxygens (including phenoxy) is 2. The summed E-state index contributed by atoms with van der Waals surface area (Å²) in [5.41, 5.74) is 1.07. The first kappa shape index (κ1) is 19.1. The fourth-order valence-corrected chi connectivity index (χ4v) is 2.86. The van der Waals surface area contributed by atoms with E-state index in [0.717, 1.165) is 12.1 Å². The zero-order chi connectivity index (χ0) is 19.1. The Hall–Kier alpha value is -2.68. The molecule has 0 bridgehead atoms. The summed E-state index contributed by atoms with van der Waals surface area (Å²) in [5, 5.41) is 0. The highest BCUT2D eigenvalue weighted by Crippen LogP contribution is 2.18. The first-order valence-electron chi connectivity index (χ1n) is 8.93. The second-order valence-corrected chi connectivity index (χ2v) is 6.40. The number of hydrogen-bond acceptors (Lipinski definition) is 4. The van der Waals surface area contributed by atoms with Crippen LogP contribution in [0.15, 0.2) is 48.5 Å². The molecule has 0 radical (unpaired) electrons. The Morgan fingerprint density at radius 3 is 2.85 bits per heavy atom. The molecule has 1 saturated heterocycles. The molecule has 27 heavy (non-hydrogen) atoms. The van der Waals surface area contributed by atoms with Crippen molar-refractivity contribution in [1.29, 1.82) is 0 Å². The van der Waals surface area contributed by atoms with Gasteiger partial charge in [-0.2, -0.15) is 0 Å². The summed E-state index contributed by atoms with van der Waals surface area (Å²) in [6.07, 6.45) is -0.104. The molecular formula is C22H22FNO3. The molecule has 3 rings (SSSR count). The van der Waals surface area contributed by atoms with Crippen LogP contribution in [0.1, 0.15) is 22.8 Å². The number of halogens is 1. The molecule has 0 aromatic heterocycles. The Morgan fingerprint density at radius 2 is 2.11 bits per heavy atom. The summed E-state index contributed by atoms with van der Waals surface area (Å²) in [4.78, 5) is 13.5. The van der Waals surface area contributed by atoms with E-state index < -0.39 is 5.82 Å². The molecule has 0 N–H and O–H groups in total. The van der Waals surface area contributed by atoms with Crippen LogP contribution in [0.4, 0.5) is 4.39 Å². The second-order valence-electron chi connectivity index (χ2n) is 6.40. The zero-order valence-electron chi connectivity index (χ0n) is 15.3. The van der Waals surface area contributed by atoms with Gasteiger partial charge < -0.3 is 9.47 Å². The van der Waals surface area contributed by atoms with E-state index in [0.29, 0.717) is 32.1 Å². The van der Waals surface area contributed by atoms with Crippen LogP contribution < -0.4 is 4.74 Å². The Bertz CT molecular complexity index is 842. The van der Waals surface area contributed by atoms with Crippen LogP contribution in [-0.4, -0.2) is 49.6 Å².